The number of benzene rings is 1. The van der Waals surface area contributed by atoms with E-state index < -0.39 is 0 Å². The Morgan fingerprint density at radius 1 is 1.32 bits per heavy atom. The summed E-state index contributed by atoms with van der Waals surface area (Å²) in [5.41, 5.74) is 7.63. The van der Waals surface area contributed by atoms with E-state index in [1.165, 1.54) is 31.2 Å². The van der Waals surface area contributed by atoms with Crippen molar-refractivity contribution in [2.45, 2.75) is 45.3 Å². The van der Waals surface area contributed by atoms with E-state index in [4.69, 9.17) is 10.5 Å². The van der Waals surface area contributed by atoms with Crippen LogP contribution in [0.25, 0.3) is 0 Å². The van der Waals surface area contributed by atoms with Crippen molar-refractivity contribution in [3.05, 3.63) is 35.4 Å². The summed E-state index contributed by atoms with van der Waals surface area (Å²) < 4.78 is 6.06. The summed E-state index contributed by atoms with van der Waals surface area (Å²) in [6, 6.07) is 8.17. The summed E-state index contributed by atoms with van der Waals surface area (Å²) in [5, 5.41) is 0. The zero-order valence-electron chi connectivity index (χ0n) is 11.7. The Bertz CT molecular complexity index is 458. The zero-order chi connectivity index (χ0) is 13.5. The van der Waals surface area contributed by atoms with Crippen molar-refractivity contribution in [1.29, 1.82) is 0 Å². The fraction of sp³-hybridized carbons (Fsp3) is 0.529. The minimum absolute atomic E-state index is 0.398. The highest BCUT2D eigenvalue weighted by Gasteiger charge is 2.19. The lowest BCUT2D eigenvalue weighted by molar-refractivity contribution is 0.00459. The quantitative estimate of drug-likeness (QED) is 0.845. The molecular formula is C17H23NO. The lowest BCUT2D eigenvalue weighted by Gasteiger charge is -2.27. The number of ether oxygens (including phenoxy) is 1. The van der Waals surface area contributed by atoms with E-state index in [1.807, 2.05) is 18.2 Å². The molecule has 0 aromatic heterocycles. The zero-order valence-corrected chi connectivity index (χ0v) is 11.7. The molecular weight excluding hydrogens is 234 g/mol. The molecule has 1 fully saturated rings. The molecule has 0 amide bonds. The Morgan fingerprint density at radius 2 is 2.16 bits per heavy atom. The summed E-state index contributed by atoms with van der Waals surface area (Å²) in [5.74, 6) is 6.82. The molecule has 1 aliphatic rings. The Balaban J connectivity index is 1.95. The highest BCUT2D eigenvalue weighted by atomic mass is 16.5. The lowest BCUT2D eigenvalue weighted by atomic mass is 9.89. The van der Waals surface area contributed by atoms with Gasteiger partial charge >= 0.3 is 0 Å². The summed E-state index contributed by atoms with van der Waals surface area (Å²) >= 11 is 0. The number of hydrogen-bond acceptors (Lipinski definition) is 2. The predicted octanol–water partition coefficient (Wildman–Crippen LogP) is 3.09. The molecule has 0 aliphatic heterocycles. The van der Waals surface area contributed by atoms with Crippen LogP contribution in [0.5, 0.6) is 0 Å². The normalized spacial score (nSPS) is 22.6. The highest BCUT2D eigenvalue weighted by molar-refractivity contribution is 5.41. The van der Waals surface area contributed by atoms with Gasteiger partial charge in [0.15, 0.2) is 0 Å². The van der Waals surface area contributed by atoms with Crippen LogP contribution in [-0.4, -0.2) is 12.6 Å². The van der Waals surface area contributed by atoms with Crippen LogP contribution < -0.4 is 5.73 Å². The van der Waals surface area contributed by atoms with Gasteiger partial charge in [0.05, 0.1) is 19.3 Å². The second kappa shape index (κ2) is 7.33. The molecule has 0 bridgehead atoms. The molecule has 0 saturated heterocycles. The maximum absolute atomic E-state index is 6.06. The number of nitrogens with two attached hydrogens (primary N) is 1. The predicted molar refractivity (Wildman–Crippen MR) is 78.6 cm³/mol. The van der Waals surface area contributed by atoms with Gasteiger partial charge in [0.25, 0.3) is 0 Å². The van der Waals surface area contributed by atoms with Gasteiger partial charge < -0.3 is 10.5 Å². The van der Waals surface area contributed by atoms with E-state index in [2.05, 4.69) is 24.8 Å². The van der Waals surface area contributed by atoms with E-state index >= 15 is 0 Å². The molecule has 0 heterocycles. The Morgan fingerprint density at radius 3 is 2.95 bits per heavy atom. The molecule has 1 aromatic carbocycles. The van der Waals surface area contributed by atoms with Gasteiger partial charge in [0.1, 0.15) is 0 Å². The molecule has 102 valence electrons. The van der Waals surface area contributed by atoms with Gasteiger partial charge in [-0.25, -0.2) is 0 Å². The van der Waals surface area contributed by atoms with Crippen molar-refractivity contribution in [3.8, 4) is 11.8 Å². The first-order valence-electron chi connectivity index (χ1n) is 7.18. The van der Waals surface area contributed by atoms with Crippen molar-refractivity contribution in [2.75, 3.05) is 6.54 Å². The smallest absolute Gasteiger partial charge is 0.0732 e. The van der Waals surface area contributed by atoms with Gasteiger partial charge in [-0.1, -0.05) is 49.8 Å². The Hall–Kier alpha value is -1.30. The molecule has 2 heteroatoms. The van der Waals surface area contributed by atoms with Gasteiger partial charge in [-0.05, 0) is 30.4 Å². The fourth-order valence-corrected chi connectivity index (χ4v) is 2.65. The van der Waals surface area contributed by atoms with E-state index in [0.717, 1.165) is 11.5 Å². The number of rotatable bonds is 3. The van der Waals surface area contributed by atoms with Crippen molar-refractivity contribution < 1.29 is 4.74 Å². The average Bonchev–Trinajstić information content (AvgIpc) is 2.44. The van der Waals surface area contributed by atoms with Crippen molar-refractivity contribution in [1.82, 2.24) is 0 Å². The second-order valence-corrected chi connectivity index (χ2v) is 5.37. The maximum Gasteiger partial charge on any atom is 0.0732 e. The van der Waals surface area contributed by atoms with Gasteiger partial charge in [0.2, 0.25) is 0 Å². The fourth-order valence-electron chi connectivity index (χ4n) is 2.65. The molecule has 1 aliphatic carbocycles. The molecule has 1 aromatic rings. The van der Waals surface area contributed by atoms with Crippen LogP contribution in [-0.2, 0) is 11.3 Å². The molecule has 0 radical (unpaired) electrons. The highest BCUT2D eigenvalue weighted by Crippen LogP contribution is 2.26. The standard InChI is InChI=1S/C17H23NO/c1-14-6-4-10-17(12-14)19-13-16-8-3-2-7-15(16)9-5-11-18/h2-3,7-8,14,17H,4,6,10-13,18H2,1H3. The van der Waals surface area contributed by atoms with Crippen molar-refractivity contribution >= 4 is 0 Å². The van der Waals surface area contributed by atoms with Crippen LogP contribution in [0.4, 0.5) is 0 Å². The van der Waals surface area contributed by atoms with Crippen LogP contribution in [0, 0.1) is 17.8 Å². The first kappa shape index (κ1) is 14.1. The van der Waals surface area contributed by atoms with Gasteiger partial charge in [-0.3, -0.25) is 0 Å². The maximum atomic E-state index is 6.06. The monoisotopic (exact) mass is 257 g/mol. The van der Waals surface area contributed by atoms with Crippen LogP contribution >= 0.6 is 0 Å². The van der Waals surface area contributed by atoms with Crippen molar-refractivity contribution in [3.63, 3.8) is 0 Å². The lowest BCUT2D eigenvalue weighted by Crippen LogP contribution is -2.21. The molecule has 0 spiro atoms. The van der Waals surface area contributed by atoms with Crippen LogP contribution in [0.3, 0.4) is 0 Å². The van der Waals surface area contributed by atoms with E-state index in [9.17, 15) is 0 Å². The second-order valence-electron chi connectivity index (χ2n) is 5.37. The van der Waals surface area contributed by atoms with Crippen LogP contribution in [0.1, 0.15) is 43.7 Å². The van der Waals surface area contributed by atoms with E-state index in [-0.39, 0.29) is 0 Å². The van der Waals surface area contributed by atoms with E-state index in [1.54, 1.807) is 0 Å². The molecule has 2 rings (SSSR count). The van der Waals surface area contributed by atoms with Gasteiger partial charge in [-0.2, -0.15) is 0 Å². The molecule has 2 nitrogen and oxygen atoms in total. The molecule has 19 heavy (non-hydrogen) atoms. The van der Waals surface area contributed by atoms with Crippen molar-refractivity contribution in [2.24, 2.45) is 11.7 Å². The van der Waals surface area contributed by atoms with Crippen LogP contribution in [0.2, 0.25) is 0 Å². The minimum atomic E-state index is 0.398. The molecule has 2 unspecified atom stereocenters. The van der Waals surface area contributed by atoms with Gasteiger partial charge in [0, 0.05) is 5.56 Å². The summed E-state index contributed by atoms with van der Waals surface area (Å²) in [4.78, 5) is 0. The topological polar surface area (TPSA) is 35.2 Å². The third kappa shape index (κ3) is 4.38. The van der Waals surface area contributed by atoms with Crippen LogP contribution in [0.15, 0.2) is 24.3 Å². The van der Waals surface area contributed by atoms with E-state index in [0.29, 0.717) is 19.3 Å². The molecule has 2 N–H and O–H groups in total. The summed E-state index contributed by atoms with van der Waals surface area (Å²) in [6.07, 6.45) is 5.44. The Labute approximate surface area is 116 Å². The average molecular weight is 257 g/mol. The molecule has 2 atom stereocenters. The minimum Gasteiger partial charge on any atom is -0.373 e. The summed E-state index contributed by atoms with van der Waals surface area (Å²) in [7, 11) is 0. The summed E-state index contributed by atoms with van der Waals surface area (Å²) in [6.45, 7) is 3.37. The number of hydrogen-bond donors (Lipinski definition) is 1. The Kier molecular flexibility index (Phi) is 5.44. The van der Waals surface area contributed by atoms with Gasteiger partial charge in [-0.15, -0.1) is 0 Å². The largest absolute Gasteiger partial charge is 0.373 e. The first-order valence-corrected chi connectivity index (χ1v) is 7.18. The third-order valence-electron chi connectivity index (χ3n) is 3.71. The third-order valence-corrected chi connectivity index (χ3v) is 3.71. The molecule has 1 saturated carbocycles. The SMILES string of the molecule is CC1CCCC(OCc2ccccc2C#CCN)C1. The first-order chi connectivity index (χ1) is 9.29.